The lowest BCUT2D eigenvalue weighted by Gasteiger charge is -2.36. The van der Waals surface area contributed by atoms with E-state index in [-0.39, 0.29) is 24.7 Å². The van der Waals surface area contributed by atoms with Gasteiger partial charge in [-0.2, -0.15) is 0 Å². The maximum atomic E-state index is 13.0. The monoisotopic (exact) mass is 284 g/mol. The molecule has 2 N–H and O–H groups in total. The molecule has 1 saturated carbocycles. The number of nitrogens with one attached hydrogen (secondary N) is 1. The van der Waals surface area contributed by atoms with Crippen molar-refractivity contribution in [3.8, 4) is 0 Å². The minimum Gasteiger partial charge on any atom is -0.395 e. The highest BCUT2D eigenvalue weighted by Crippen LogP contribution is 2.24. The molecule has 20 heavy (non-hydrogen) atoms. The maximum absolute atomic E-state index is 13.0. The van der Waals surface area contributed by atoms with E-state index in [1.54, 1.807) is 0 Å². The van der Waals surface area contributed by atoms with Crippen molar-refractivity contribution < 1.29 is 18.7 Å². The van der Waals surface area contributed by atoms with Crippen LogP contribution in [0.15, 0.2) is 18.2 Å². The molecule has 2 rings (SSSR count). The van der Waals surface area contributed by atoms with Gasteiger partial charge < -0.3 is 10.4 Å². The van der Waals surface area contributed by atoms with Crippen molar-refractivity contribution in [2.24, 2.45) is 0 Å². The molecule has 1 aromatic rings. The van der Waals surface area contributed by atoms with Crippen LogP contribution in [0.1, 0.15) is 19.3 Å². The smallest absolute Gasteiger partial charge is 0.238 e. The number of rotatable bonds is 6. The van der Waals surface area contributed by atoms with Gasteiger partial charge in [0.05, 0.1) is 13.2 Å². The van der Waals surface area contributed by atoms with E-state index in [2.05, 4.69) is 5.32 Å². The normalized spacial score (nSPS) is 15.2. The summed E-state index contributed by atoms with van der Waals surface area (Å²) in [6, 6.07) is 3.57. The third kappa shape index (κ3) is 3.74. The number of carbonyl (C=O) groups excluding carboxylic acids is 1. The summed E-state index contributed by atoms with van der Waals surface area (Å²) in [6.45, 7) is 0.578. The fourth-order valence-corrected chi connectivity index (χ4v) is 2.23. The summed E-state index contributed by atoms with van der Waals surface area (Å²) in [6.07, 6.45) is 3.19. The van der Waals surface area contributed by atoms with Crippen LogP contribution in [-0.4, -0.2) is 41.7 Å². The Kier molecular flexibility index (Phi) is 5.03. The Morgan fingerprint density at radius 1 is 1.35 bits per heavy atom. The fourth-order valence-electron chi connectivity index (χ4n) is 2.23. The lowest BCUT2D eigenvalue weighted by atomic mass is 9.91. The van der Waals surface area contributed by atoms with Crippen LogP contribution in [0.25, 0.3) is 0 Å². The highest BCUT2D eigenvalue weighted by molar-refractivity contribution is 5.92. The molecule has 1 aliphatic carbocycles. The summed E-state index contributed by atoms with van der Waals surface area (Å²) in [5.74, 6) is -2.23. The molecule has 0 atom stereocenters. The molecule has 0 heterocycles. The third-order valence-corrected chi connectivity index (χ3v) is 3.53. The Morgan fingerprint density at radius 3 is 2.65 bits per heavy atom. The molecule has 4 nitrogen and oxygen atoms in total. The summed E-state index contributed by atoms with van der Waals surface area (Å²) < 4.78 is 25.8. The number of aliphatic hydroxyl groups excluding tert-OH is 1. The van der Waals surface area contributed by atoms with Crippen LogP contribution in [0.3, 0.4) is 0 Å². The molecule has 1 aromatic carbocycles. The molecule has 0 radical (unpaired) electrons. The van der Waals surface area contributed by atoms with Crippen molar-refractivity contribution in [2.45, 2.75) is 25.3 Å². The highest BCUT2D eigenvalue weighted by atomic mass is 19.2. The van der Waals surface area contributed by atoms with Crippen LogP contribution in [0, 0.1) is 11.6 Å². The van der Waals surface area contributed by atoms with E-state index in [1.807, 2.05) is 4.90 Å². The number of amides is 1. The Bertz CT molecular complexity index is 478. The summed E-state index contributed by atoms with van der Waals surface area (Å²) in [4.78, 5) is 13.8. The Labute approximate surface area is 116 Å². The van der Waals surface area contributed by atoms with Crippen molar-refractivity contribution >= 4 is 11.6 Å². The molecule has 1 aliphatic rings. The second-order valence-corrected chi connectivity index (χ2v) is 4.96. The largest absolute Gasteiger partial charge is 0.395 e. The molecule has 1 fully saturated rings. The third-order valence-electron chi connectivity index (χ3n) is 3.53. The van der Waals surface area contributed by atoms with Crippen LogP contribution in [0.2, 0.25) is 0 Å². The number of hydrogen-bond donors (Lipinski definition) is 2. The Hall–Kier alpha value is -1.53. The summed E-state index contributed by atoms with van der Waals surface area (Å²) >= 11 is 0. The number of hydrogen-bond acceptors (Lipinski definition) is 3. The predicted octanol–water partition coefficient (Wildman–Crippen LogP) is 1.75. The molecule has 1 amide bonds. The van der Waals surface area contributed by atoms with E-state index in [0.29, 0.717) is 12.6 Å². The summed E-state index contributed by atoms with van der Waals surface area (Å²) in [7, 11) is 0. The average Bonchev–Trinajstić information content (AvgIpc) is 2.32. The molecular weight excluding hydrogens is 266 g/mol. The van der Waals surface area contributed by atoms with Gasteiger partial charge in [-0.25, -0.2) is 8.78 Å². The van der Waals surface area contributed by atoms with Gasteiger partial charge in [0.1, 0.15) is 0 Å². The zero-order valence-corrected chi connectivity index (χ0v) is 11.1. The highest BCUT2D eigenvalue weighted by Gasteiger charge is 2.26. The zero-order valence-electron chi connectivity index (χ0n) is 11.1. The second kappa shape index (κ2) is 6.76. The number of carbonyl (C=O) groups is 1. The fraction of sp³-hybridized carbons (Fsp3) is 0.500. The van der Waals surface area contributed by atoms with Crippen LogP contribution in [0.4, 0.5) is 14.5 Å². The summed E-state index contributed by atoms with van der Waals surface area (Å²) in [5, 5.41) is 11.5. The second-order valence-electron chi connectivity index (χ2n) is 4.96. The van der Waals surface area contributed by atoms with Gasteiger partial charge in [0, 0.05) is 24.3 Å². The first-order chi connectivity index (χ1) is 9.60. The molecular formula is C14H18F2N2O2. The average molecular weight is 284 g/mol. The van der Waals surface area contributed by atoms with Crippen LogP contribution in [0.5, 0.6) is 0 Å². The lowest BCUT2D eigenvalue weighted by Crippen LogP contribution is -2.45. The molecule has 0 aliphatic heterocycles. The van der Waals surface area contributed by atoms with Gasteiger partial charge in [0.25, 0.3) is 0 Å². The van der Waals surface area contributed by atoms with E-state index >= 15 is 0 Å². The molecule has 110 valence electrons. The van der Waals surface area contributed by atoms with E-state index in [4.69, 9.17) is 5.11 Å². The molecule has 0 aromatic heterocycles. The van der Waals surface area contributed by atoms with Gasteiger partial charge >= 0.3 is 0 Å². The summed E-state index contributed by atoms with van der Waals surface area (Å²) in [5.41, 5.74) is 0.228. The van der Waals surface area contributed by atoms with E-state index in [9.17, 15) is 13.6 Å². The van der Waals surface area contributed by atoms with Crippen LogP contribution < -0.4 is 5.32 Å². The van der Waals surface area contributed by atoms with Crippen molar-refractivity contribution in [2.75, 3.05) is 25.0 Å². The quantitative estimate of drug-likeness (QED) is 0.837. The molecule has 0 saturated heterocycles. The minimum absolute atomic E-state index is 0.00500. The Balaban J connectivity index is 1.91. The number of benzene rings is 1. The topological polar surface area (TPSA) is 52.6 Å². The van der Waals surface area contributed by atoms with Gasteiger partial charge in [-0.15, -0.1) is 0 Å². The SMILES string of the molecule is O=C(CN(CCO)C1CCC1)Nc1ccc(F)c(F)c1. The van der Waals surface area contributed by atoms with Gasteiger partial charge in [-0.3, -0.25) is 9.69 Å². The van der Waals surface area contributed by atoms with E-state index < -0.39 is 11.6 Å². The standard InChI is InChI=1S/C14H18F2N2O2/c15-12-5-4-10(8-13(12)16)17-14(20)9-18(6-7-19)11-2-1-3-11/h4-5,8,11,19H,1-3,6-7,9H2,(H,17,20). The molecule has 0 spiro atoms. The predicted molar refractivity (Wildman–Crippen MR) is 71.3 cm³/mol. The minimum atomic E-state index is -0.992. The number of nitrogens with zero attached hydrogens (tertiary/aromatic N) is 1. The van der Waals surface area contributed by atoms with Gasteiger partial charge in [0.15, 0.2) is 11.6 Å². The first-order valence-corrected chi connectivity index (χ1v) is 6.70. The zero-order chi connectivity index (χ0) is 14.5. The van der Waals surface area contributed by atoms with Gasteiger partial charge in [-0.1, -0.05) is 6.42 Å². The van der Waals surface area contributed by atoms with E-state index in [0.717, 1.165) is 31.4 Å². The van der Waals surface area contributed by atoms with Crippen molar-refractivity contribution in [1.29, 1.82) is 0 Å². The van der Waals surface area contributed by atoms with E-state index in [1.165, 1.54) is 6.07 Å². The maximum Gasteiger partial charge on any atom is 0.238 e. The van der Waals surface area contributed by atoms with Crippen LogP contribution in [-0.2, 0) is 4.79 Å². The first kappa shape index (κ1) is 14.9. The Morgan fingerprint density at radius 2 is 2.10 bits per heavy atom. The van der Waals surface area contributed by atoms with Crippen molar-refractivity contribution in [3.63, 3.8) is 0 Å². The molecule has 0 bridgehead atoms. The first-order valence-electron chi connectivity index (χ1n) is 6.70. The van der Waals surface area contributed by atoms with Gasteiger partial charge in [0.2, 0.25) is 5.91 Å². The number of anilines is 1. The van der Waals surface area contributed by atoms with Crippen LogP contribution >= 0.6 is 0 Å². The molecule has 0 unspecified atom stereocenters. The lowest BCUT2D eigenvalue weighted by molar-refractivity contribution is -0.118. The van der Waals surface area contributed by atoms with Crippen molar-refractivity contribution in [3.05, 3.63) is 29.8 Å². The van der Waals surface area contributed by atoms with Gasteiger partial charge in [-0.05, 0) is 25.0 Å². The number of aliphatic hydroxyl groups is 1. The van der Waals surface area contributed by atoms with Crippen molar-refractivity contribution in [1.82, 2.24) is 4.90 Å². The molecule has 6 heteroatoms. The number of halogens is 2.